The maximum atomic E-state index is 9.77. The summed E-state index contributed by atoms with van der Waals surface area (Å²) in [5, 5.41) is 19.4. The lowest BCUT2D eigenvalue weighted by Gasteiger charge is -2.14. The average molecular weight is 416 g/mol. The highest BCUT2D eigenvalue weighted by Crippen LogP contribution is 2.30. The van der Waals surface area contributed by atoms with Gasteiger partial charge in [-0.15, -0.1) is 0 Å². The summed E-state index contributed by atoms with van der Waals surface area (Å²) >= 11 is 6.61. The number of hydrogen-bond donors (Lipinski definition) is 2. The van der Waals surface area contributed by atoms with E-state index in [0.29, 0.717) is 16.3 Å². The zero-order valence-corrected chi connectivity index (χ0v) is 17.8. The molecule has 2 N–H and O–H groups in total. The van der Waals surface area contributed by atoms with Crippen molar-refractivity contribution in [3.05, 3.63) is 99.8 Å². The van der Waals surface area contributed by atoms with E-state index in [-0.39, 0.29) is 0 Å². The smallest absolute Gasteiger partial charge is 0.118 e. The zero-order chi connectivity index (χ0) is 21.3. The number of halogens is 1. The van der Waals surface area contributed by atoms with E-state index in [2.05, 4.69) is 28.4 Å². The number of rotatable bonds is 4. The highest BCUT2D eigenvalue weighted by Gasteiger charge is 2.16. The number of nitrogens with one attached hydrogen (secondary N) is 1. The second kappa shape index (κ2) is 8.17. The summed E-state index contributed by atoms with van der Waals surface area (Å²) in [5.41, 5.74) is 7.09. The number of hydrogen-bond acceptors (Lipinski definition) is 4. The molecule has 0 atom stereocenters. The molecule has 4 rings (SSSR count). The highest BCUT2D eigenvalue weighted by molar-refractivity contribution is 6.35. The minimum Gasteiger partial charge on any atom is -0.410 e. The summed E-state index contributed by atoms with van der Waals surface area (Å²) in [4.78, 5) is 4.31. The largest absolute Gasteiger partial charge is 0.410 e. The van der Waals surface area contributed by atoms with Crippen LogP contribution in [0.5, 0.6) is 0 Å². The minimum atomic E-state index is 0.457. The molecule has 4 aromatic rings. The van der Waals surface area contributed by atoms with Gasteiger partial charge in [0.15, 0.2) is 0 Å². The van der Waals surface area contributed by atoms with Crippen LogP contribution in [0, 0.1) is 20.8 Å². The Labute approximate surface area is 180 Å². The standard InChI is InChI=1S/C25H22ClN3O/c1-15-10-17(3)22(11-16(15)2)25(29-30)21-9-8-19(12-23(21)26)28-24-14-27-13-18-6-4-5-7-20(18)24/h4-14,28,30H,1-3H3. The lowest BCUT2D eigenvalue weighted by atomic mass is 9.94. The number of oxime groups is 1. The fraction of sp³-hybridized carbons (Fsp3) is 0.120. The Bertz CT molecular complexity index is 1280. The minimum absolute atomic E-state index is 0.457. The Kier molecular flexibility index (Phi) is 5.42. The Morgan fingerprint density at radius 2 is 1.67 bits per heavy atom. The predicted molar refractivity (Wildman–Crippen MR) is 125 cm³/mol. The van der Waals surface area contributed by atoms with Crippen molar-refractivity contribution in [2.45, 2.75) is 20.8 Å². The van der Waals surface area contributed by atoms with Gasteiger partial charge in [0.05, 0.1) is 16.9 Å². The molecule has 1 heterocycles. The van der Waals surface area contributed by atoms with E-state index in [4.69, 9.17) is 11.6 Å². The lowest BCUT2D eigenvalue weighted by molar-refractivity contribution is 0.319. The van der Waals surface area contributed by atoms with Crippen molar-refractivity contribution in [3.63, 3.8) is 0 Å². The van der Waals surface area contributed by atoms with Crippen LogP contribution < -0.4 is 5.32 Å². The van der Waals surface area contributed by atoms with E-state index in [1.807, 2.05) is 68.6 Å². The summed E-state index contributed by atoms with van der Waals surface area (Å²) in [7, 11) is 0. The molecule has 0 bridgehead atoms. The third-order valence-corrected chi connectivity index (χ3v) is 5.68. The molecule has 0 spiro atoms. The molecule has 150 valence electrons. The Morgan fingerprint density at radius 3 is 2.43 bits per heavy atom. The van der Waals surface area contributed by atoms with E-state index >= 15 is 0 Å². The number of anilines is 2. The third kappa shape index (κ3) is 3.74. The molecule has 30 heavy (non-hydrogen) atoms. The molecule has 0 saturated carbocycles. The Hall–Kier alpha value is -3.37. The second-order valence-corrected chi connectivity index (χ2v) is 7.84. The summed E-state index contributed by atoms with van der Waals surface area (Å²) in [6.07, 6.45) is 3.63. The van der Waals surface area contributed by atoms with Gasteiger partial charge in [-0.1, -0.05) is 47.1 Å². The maximum absolute atomic E-state index is 9.77. The first-order valence-electron chi connectivity index (χ1n) is 9.68. The van der Waals surface area contributed by atoms with Crippen molar-refractivity contribution in [1.82, 2.24) is 4.98 Å². The quantitative estimate of drug-likeness (QED) is 0.219. The molecule has 1 aromatic heterocycles. The van der Waals surface area contributed by atoms with Crippen LogP contribution in [-0.2, 0) is 0 Å². The van der Waals surface area contributed by atoms with E-state index < -0.39 is 0 Å². The van der Waals surface area contributed by atoms with Crippen LogP contribution in [0.25, 0.3) is 10.8 Å². The number of aryl methyl sites for hydroxylation is 3. The molecular formula is C25H22ClN3O. The van der Waals surface area contributed by atoms with Gasteiger partial charge in [-0.3, -0.25) is 4.98 Å². The molecular weight excluding hydrogens is 394 g/mol. The van der Waals surface area contributed by atoms with Crippen LogP contribution in [-0.4, -0.2) is 15.9 Å². The predicted octanol–water partition coefficient (Wildman–Crippen LogP) is 6.78. The van der Waals surface area contributed by atoms with Crippen LogP contribution in [0.2, 0.25) is 5.02 Å². The molecule has 0 aliphatic carbocycles. The van der Waals surface area contributed by atoms with Gasteiger partial charge in [-0.25, -0.2) is 0 Å². The molecule has 0 saturated heterocycles. The number of benzene rings is 3. The molecule has 0 amide bonds. The molecule has 0 aliphatic rings. The molecule has 0 fully saturated rings. The lowest BCUT2D eigenvalue weighted by Crippen LogP contribution is -2.08. The van der Waals surface area contributed by atoms with Crippen molar-refractivity contribution < 1.29 is 5.21 Å². The molecule has 3 aromatic carbocycles. The molecule has 0 aliphatic heterocycles. The van der Waals surface area contributed by atoms with Crippen molar-refractivity contribution in [2.75, 3.05) is 5.32 Å². The average Bonchev–Trinajstić information content (AvgIpc) is 2.74. The first-order chi connectivity index (χ1) is 14.5. The Balaban J connectivity index is 1.70. The SMILES string of the molecule is Cc1cc(C)c(C(=NO)c2ccc(Nc3cncc4ccccc34)cc2Cl)cc1C. The second-order valence-electron chi connectivity index (χ2n) is 7.43. The van der Waals surface area contributed by atoms with Crippen LogP contribution in [0.15, 0.2) is 72.1 Å². The molecule has 0 radical (unpaired) electrons. The highest BCUT2D eigenvalue weighted by atomic mass is 35.5. The van der Waals surface area contributed by atoms with Crippen molar-refractivity contribution in [1.29, 1.82) is 0 Å². The summed E-state index contributed by atoms with van der Waals surface area (Å²) in [6, 6.07) is 17.8. The molecule has 0 unspecified atom stereocenters. The van der Waals surface area contributed by atoms with Crippen molar-refractivity contribution in [2.24, 2.45) is 5.16 Å². The topological polar surface area (TPSA) is 57.5 Å². The van der Waals surface area contributed by atoms with Gasteiger partial charge < -0.3 is 10.5 Å². The number of pyridine rings is 1. The number of aromatic nitrogens is 1. The monoisotopic (exact) mass is 415 g/mol. The fourth-order valence-corrected chi connectivity index (χ4v) is 3.90. The zero-order valence-electron chi connectivity index (χ0n) is 17.1. The van der Waals surface area contributed by atoms with E-state index in [1.54, 1.807) is 6.20 Å². The number of nitrogens with zero attached hydrogens (tertiary/aromatic N) is 2. The van der Waals surface area contributed by atoms with Crippen molar-refractivity contribution >= 4 is 39.5 Å². The summed E-state index contributed by atoms with van der Waals surface area (Å²) in [5.74, 6) is 0. The summed E-state index contributed by atoms with van der Waals surface area (Å²) < 4.78 is 0. The van der Waals surface area contributed by atoms with Gasteiger partial charge in [0.1, 0.15) is 5.71 Å². The van der Waals surface area contributed by atoms with Crippen molar-refractivity contribution in [3.8, 4) is 0 Å². The Morgan fingerprint density at radius 1 is 0.900 bits per heavy atom. The first kappa shape index (κ1) is 19.9. The fourth-order valence-electron chi connectivity index (χ4n) is 3.62. The van der Waals surface area contributed by atoms with E-state index in [1.165, 1.54) is 5.56 Å². The first-order valence-corrected chi connectivity index (χ1v) is 10.1. The van der Waals surface area contributed by atoms with Crippen LogP contribution in [0.1, 0.15) is 27.8 Å². The van der Waals surface area contributed by atoms with Gasteiger partial charge in [-0.05, 0) is 61.7 Å². The summed E-state index contributed by atoms with van der Waals surface area (Å²) in [6.45, 7) is 6.11. The van der Waals surface area contributed by atoms with Gasteiger partial charge in [0, 0.05) is 33.8 Å². The van der Waals surface area contributed by atoms with Gasteiger partial charge in [0.25, 0.3) is 0 Å². The van der Waals surface area contributed by atoms with E-state index in [0.717, 1.165) is 38.8 Å². The van der Waals surface area contributed by atoms with Crippen LogP contribution in [0.4, 0.5) is 11.4 Å². The van der Waals surface area contributed by atoms with Gasteiger partial charge in [0.2, 0.25) is 0 Å². The van der Waals surface area contributed by atoms with Gasteiger partial charge >= 0.3 is 0 Å². The number of fused-ring (bicyclic) bond motifs is 1. The molecule has 4 nitrogen and oxygen atoms in total. The van der Waals surface area contributed by atoms with Gasteiger partial charge in [-0.2, -0.15) is 0 Å². The normalized spacial score (nSPS) is 11.7. The third-order valence-electron chi connectivity index (χ3n) is 5.37. The van der Waals surface area contributed by atoms with Crippen LogP contribution in [0.3, 0.4) is 0 Å². The van der Waals surface area contributed by atoms with Crippen LogP contribution >= 0.6 is 11.6 Å². The van der Waals surface area contributed by atoms with E-state index in [9.17, 15) is 5.21 Å². The maximum Gasteiger partial charge on any atom is 0.118 e. The molecule has 5 heteroatoms.